The summed E-state index contributed by atoms with van der Waals surface area (Å²) in [5, 5.41) is 12.5. The Morgan fingerprint density at radius 2 is 2.15 bits per heavy atom. The molecule has 0 aliphatic rings. The van der Waals surface area contributed by atoms with Crippen LogP contribution in [-0.2, 0) is 10.2 Å². The first-order chi connectivity index (χ1) is 9.29. The number of carbonyl (C=O) groups is 1. The lowest BCUT2D eigenvalue weighted by Crippen LogP contribution is -2.13. The summed E-state index contributed by atoms with van der Waals surface area (Å²) in [6.07, 6.45) is -0.270. The molecule has 0 bridgehead atoms. The van der Waals surface area contributed by atoms with Crippen molar-refractivity contribution >= 4 is 5.97 Å². The second-order valence-corrected chi connectivity index (χ2v) is 5.53. The highest BCUT2D eigenvalue weighted by atomic mass is 16.5. The summed E-state index contributed by atoms with van der Waals surface area (Å²) in [7, 11) is 1.50. The monoisotopic (exact) mass is 277 g/mol. The van der Waals surface area contributed by atoms with Crippen LogP contribution in [0.1, 0.15) is 44.4 Å². The van der Waals surface area contributed by atoms with Gasteiger partial charge in [0.15, 0.2) is 0 Å². The minimum atomic E-state index is -1.02. The first-order valence-corrected chi connectivity index (χ1v) is 6.24. The van der Waals surface area contributed by atoms with Gasteiger partial charge in [0.05, 0.1) is 19.6 Å². The van der Waals surface area contributed by atoms with Crippen LogP contribution in [0, 0.1) is 0 Å². The lowest BCUT2D eigenvalue weighted by molar-refractivity contribution is -0.137. The van der Waals surface area contributed by atoms with Crippen LogP contribution in [-0.4, -0.2) is 18.2 Å². The van der Waals surface area contributed by atoms with Gasteiger partial charge in [-0.25, -0.2) is 0 Å². The predicted octanol–water partition coefficient (Wildman–Crippen LogP) is 3.82. The lowest BCUT2D eigenvalue weighted by Gasteiger charge is -2.22. The van der Waals surface area contributed by atoms with Crippen LogP contribution in [0.4, 0.5) is 0 Å². The van der Waals surface area contributed by atoms with E-state index in [1.807, 2.05) is 12.1 Å². The quantitative estimate of drug-likeness (QED) is 0.503. The van der Waals surface area contributed by atoms with Crippen LogP contribution < -0.4 is 4.74 Å². The van der Waals surface area contributed by atoms with E-state index >= 15 is 0 Å². The summed E-state index contributed by atoms with van der Waals surface area (Å²) in [6.45, 7) is 6.16. The molecule has 108 valence electrons. The van der Waals surface area contributed by atoms with E-state index in [-0.39, 0.29) is 11.8 Å². The standard InChI is InChI=1S/C14H19N3O3/c1-14(2,3)9-5-6-12(20-4)10(7-9)11(16-17-15)8-13(18)19/h5-7,11H,8H2,1-4H3,(H,18,19). The zero-order valence-corrected chi connectivity index (χ0v) is 12.1. The highest BCUT2D eigenvalue weighted by molar-refractivity contribution is 5.68. The van der Waals surface area contributed by atoms with E-state index in [1.165, 1.54) is 7.11 Å². The average molecular weight is 277 g/mol. The van der Waals surface area contributed by atoms with E-state index in [9.17, 15) is 4.79 Å². The third kappa shape index (κ3) is 3.90. The second kappa shape index (κ2) is 6.30. The lowest BCUT2D eigenvalue weighted by atomic mass is 9.85. The number of rotatable bonds is 5. The molecule has 0 aromatic heterocycles. The van der Waals surface area contributed by atoms with Gasteiger partial charge in [0, 0.05) is 10.5 Å². The number of carboxylic acid groups (broad SMARTS) is 1. The predicted molar refractivity (Wildman–Crippen MR) is 75.8 cm³/mol. The molecule has 0 aliphatic carbocycles. The smallest absolute Gasteiger partial charge is 0.304 e. The summed E-state index contributed by atoms with van der Waals surface area (Å²) in [5.74, 6) is -0.498. The molecule has 1 unspecified atom stereocenters. The third-order valence-electron chi connectivity index (χ3n) is 3.01. The van der Waals surface area contributed by atoms with Crippen molar-refractivity contribution in [3.8, 4) is 5.75 Å². The topological polar surface area (TPSA) is 95.3 Å². The van der Waals surface area contributed by atoms with E-state index < -0.39 is 12.0 Å². The fraction of sp³-hybridized carbons (Fsp3) is 0.500. The van der Waals surface area contributed by atoms with Crippen molar-refractivity contribution in [1.29, 1.82) is 0 Å². The zero-order valence-electron chi connectivity index (χ0n) is 12.1. The van der Waals surface area contributed by atoms with Crippen molar-refractivity contribution in [2.45, 2.75) is 38.6 Å². The van der Waals surface area contributed by atoms with Crippen molar-refractivity contribution in [2.24, 2.45) is 5.11 Å². The molecule has 6 heteroatoms. The highest BCUT2D eigenvalue weighted by Gasteiger charge is 2.22. The van der Waals surface area contributed by atoms with Gasteiger partial charge in [-0.3, -0.25) is 4.79 Å². The maximum atomic E-state index is 10.9. The van der Waals surface area contributed by atoms with E-state index in [2.05, 4.69) is 30.8 Å². The fourth-order valence-electron chi connectivity index (χ4n) is 1.90. The third-order valence-corrected chi connectivity index (χ3v) is 3.01. The Morgan fingerprint density at radius 1 is 1.50 bits per heavy atom. The first-order valence-electron chi connectivity index (χ1n) is 6.24. The Balaban J connectivity index is 3.36. The Labute approximate surface area is 118 Å². The highest BCUT2D eigenvalue weighted by Crippen LogP contribution is 2.34. The number of azide groups is 1. The maximum absolute atomic E-state index is 10.9. The number of nitrogens with zero attached hydrogens (tertiary/aromatic N) is 3. The molecule has 20 heavy (non-hydrogen) atoms. The largest absolute Gasteiger partial charge is 0.496 e. The van der Waals surface area contributed by atoms with Crippen LogP contribution >= 0.6 is 0 Å². The number of ether oxygens (including phenoxy) is 1. The summed E-state index contributed by atoms with van der Waals surface area (Å²) >= 11 is 0. The molecule has 0 spiro atoms. The van der Waals surface area contributed by atoms with Crippen molar-refractivity contribution < 1.29 is 14.6 Å². The maximum Gasteiger partial charge on any atom is 0.304 e. The molecule has 1 rings (SSSR count). The van der Waals surface area contributed by atoms with Crippen LogP contribution in [0.25, 0.3) is 10.4 Å². The number of aliphatic carboxylic acids is 1. The van der Waals surface area contributed by atoms with Crippen molar-refractivity contribution in [2.75, 3.05) is 7.11 Å². The Bertz CT molecular complexity index is 543. The van der Waals surface area contributed by atoms with Gasteiger partial charge in [0.25, 0.3) is 0 Å². The summed E-state index contributed by atoms with van der Waals surface area (Å²) in [5.41, 5.74) is 10.2. The van der Waals surface area contributed by atoms with Gasteiger partial charge in [-0.05, 0) is 22.6 Å². The first kappa shape index (κ1) is 15.9. The van der Waals surface area contributed by atoms with E-state index in [0.717, 1.165) is 5.56 Å². The van der Waals surface area contributed by atoms with E-state index in [1.54, 1.807) is 6.07 Å². The molecule has 0 aliphatic heterocycles. The molecule has 0 radical (unpaired) electrons. The fourth-order valence-corrected chi connectivity index (χ4v) is 1.90. The van der Waals surface area contributed by atoms with Gasteiger partial charge in [-0.1, -0.05) is 38.0 Å². The van der Waals surface area contributed by atoms with E-state index in [4.69, 9.17) is 15.4 Å². The van der Waals surface area contributed by atoms with Gasteiger partial charge in [0.2, 0.25) is 0 Å². The van der Waals surface area contributed by atoms with Gasteiger partial charge >= 0.3 is 5.97 Å². The molecule has 1 aromatic rings. The number of hydrogen-bond acceptors (Lipinski definition) is 3. The molecular weight excluding hydrogens is 258 g/mol. The van der Waals surface area contributed by atoms with Crippen molar-refractivity contribution in [3.05, 3.63) is 39.8 Å². The minimum Gasteiger partial charge on any atom is -0.496 e. The Morgan fingerprint density at radius 3 is 2.60 bits per heavy atom. The minimum absolute atomic E-state index is 0.0921. The molecule has 0 saturated heterocycles. The number of hydrogen-bond donors (Lipinski definition) is 1. The molecule has 0 amide bonds. The van der Waals surface area contributed by atoms with Crippen molar-refractivity contribution in [3.63, 3.8) is 0 Å². The SMILES string of the molecule is COc1ccc(C(C)(C)C)cc1C(CC(=O)O)N=[N+]=[N-]. The number of carboxylic acids is 1. The average Bonchev–Trinajstić information content (AvgIpc) is 2.36. The molecule has 6 nitrogen and oxygen atoms in total. The molecule has 0 heterocycles. The number of benzene rings is 1. The van der Waals surface area contributed by atoms with Crippen LogP contribution in [0.5, 0.6) is 5.75 Å². The van der Waals surface area contributed by atoms with Gasteiger partial charge in [0.1, 0.15) is 5.75 Å². The second-order valence-electron chi connectivity index (χ2n) is 5.53. The molecule has 0 saturated carbocycles. The number of methoxy groups -OCH3 is 1. The van der Waals surface area contributed by atoms with Crippen LogP contribution in [0.2, 0.25) is 0 Å². The zero-order chi connectivity index (χ0) is 15.3. The molecule has 1 atom stereocenters. The van der Waals surface area contributed by atoms with Gasteiger partial charge < -0.3 is 9.84 Å². The van der Waals surface area contributed by atoms with Crippen molar-refractivity contribution in [1.82, 2.24) is 0 Å². The molecule has 1 N–H and O–H groups in total. The molecular formula is C14H19N3O3. The summed E-state index contributed by atoms with van der Waals surface area (Å²) in [4.78, 5) is 13.7. The Kier molecular flexibility index (Phi) is 5.00. The normalized spacial score (nSPS) is 12.4. The van der Waals surface area contributed by atoms with Gasteiger partial charge in [-0.15, -0.1) is 0 Å². The summed E-state index contributed by atoms with van der Waals surface area (Å²) in [6, 6.07) is 4.77. The van der Waals surface area contributed by atoms with Crippen LogP contribution in [0.15, 0.2) is 23.3 Å². The molecule has 0 fully saturated rings. The van der Waals surface area contributed by atoms with E-state index in [0.29, 0.717) is 11.3 Å². The van der Waals surface area contributed by atoms with Crippen LogP contribution in [0.3, 0.4) is 0 Å². The van der Waals surface area contributed by atoms with Gasteiger partial charge in [-0.2, -0.15) is 0 Å². The molecule has 1 aromatic carbocycles. The Hall–Kier alpha value is -2.20. The summed E-state index contributed by atoms with van der Waals surface area (Å²) < 4.78 is 5.25.